The molecule has 2 aromatic rings. The molecule has 0 saturated carbocycles. The van der Waals surface area contributed by atoms with Crippen molar-refractivity contribution < 1.29 is 19.4 Å². The fraction of sp³-hybridized carbons (Fsp3) is 0.300. The molecule has 0 bridgehead atoms. The number of hydrogen-bond donors (Lipinski definition) is 2. The van der Waals surface area contributed by atoms with Crippen molar-refractivity contribution in [1.29, 1.82) is 0 Å². The lowest BCUT2D eigenvalue weighted by Gasteiger charge is -2.31. The van der Waals surface area contributed by atoms with Crippen molar-refractivity contribution in [2.24, 2.45) is 0 Å². The predicted molar refractivity (Wildman–Crippen MR) is 99.5 cm³/mol. The van der Waals surface area contributed by atoms with E-state index in [9.17, 15) is 14.7 Å². The molecule has 2 aromatic carbocycles. The number of aliphatic carboxylic acids is 1. The lowest BCUT2D eigenvalue weighted by Crippen LogP contribution is -2.41. The monoisotopic (exact) mass is 356 g/mol. The molecule has 2 rings (SSSR count). The number of rotatable bonds is 5. The summed E-state index contributed by atoms with van der Waals surface area (Å²) in [6.45, 7) is 5.31. The van der Waals surface area contributed by atoms with Gasteiger partial charge in [-0.1, -0.05) is 42.5 Å². The van der Waals surface area contributed by atoms with Gasteiger partial charge in [-0.15, -0.1) is 0 Å². The number of carbonyl (C=O) groups is 2. The van der Waals surface area contributed by atoms with Crippen LogP contribution in [0.3, 0.4) is 0 Å². The number of hydrogen-bond acceptors (Lipinski definition) is 4. The van der Waals surface area contributed by atoms with E-state index in [2.05, 4.69) is 0 Å². The molecule has 1 amide bonds. The summed E-state index contributed by atoms with van der Waals surface area (Å²) in [5.74, 6) is -1.13. The van der Waals surface area contributed by atoms with Crippen LogP contribution in [0.4, 0.5) is 10.5 Å². The molecule has 0 heterocycles. The molecule has 0 aliphatic rings. The molecule has 1 atom stereocenters. The Labute approximate surface area is 153 Å². The third kappa shape index (κ3) is 5.24. The molecule has 26 heavy (non-hydrogen) atoms. The van der Waals surface area contributed by atoms with E-state index in [0.717, 1.165) is 5.56 Å². The van der Waals surface area contributed by atoms with E-state index >= 15 is 0 Å². The second kappa shape index (κ2) is 7.91. The Morgan fingerprint density at radius 2 is 1.65 bits per heavy atom. The van der Waals surface area contributed by atoms with Crippen LogP contribution < -0.4 is 5.73 Å². The van der Waals surface area contributed by atoms with Crippen LogP contribution in [0.15, 0.2) is 54.6 Å². The highest BCUT2D eigenvalue weighted by Gasteiger charge is 2.34. The van der Waals surface area contributed by atoms with Gasteiger partial charge in [0, 0.05) is 5.69 Å². The van der Waals surface area contributed by atoms with Crippen LogP contribution in [-0.2, 0) is 16.1 Å². The van der Waals surface area contributed by atoms with Crippen molar-refractivity contribution in [3.63, 3.8) is 0 Å². The first-order valence-electron chi connectivity index (χ1n) is 8.29. The zero-order valence-corrected chi connectivity index (χ0v) is 15.2. The Bertz CT molecular complexity index is 752. The number of carboxylic acid groups (broad SMARTS) is 1. The number of carbonyl (C=O) groups excluding carboxylic acids is 1. The molecule has 0 radical (unpaired) electrons. The Kier molecular flexibility index (Phi) is 5.87. The summed E-state index contributed by atoms with van der Waals surface area (Å²) in [6, 6.07) is 14.4. The van der Waals surface area contributed by atoms with Crippen LogP contribution in [0.1, 0.15) is 37.9 Å². The lowest BCUT2D eigenvalue weighted by atomic mass is 10.0. The largest absolute Gasteiger partial charge is 0.479 e. The first kappa shape index (κ1) is 19.3. The van der Waals surface area contributed by atoms with Crippen molar-refractivity contribution in [2.75, 3.05) is 5.73 Å². The average molecular weight is 356 g/mol. The number of carboxylic acids is 1. The normalized spacial score (nSPS) is 12.3. The maximum Gasteiger partial charge on any atom is 0.411 e. The molecule has 0 aliphatic carbocycles. The summed E-state index contributed by atoms with van der Waals surface area (Å²) < 4.78 is 5.45. The number of ether oxygens (including phenoxy) is 1. The van der Waals surface area contributed by atoms with E-state index < -0.39 is 23.7 Å². The molecule has 0 aliphatic heterocycles. The van der Waals surface area contributed by atoms with Gasteiger partial charge in [0.25, 0.3) is 0 Å². The summed E-state index contributed by atoms with van der Waals surface area (Å²) in [5, 5.41) is 9.80. The quantitative estimate of drug-likeness (QED) is 0.794. The number of nitrogens with zero attached hydrogens (tertiary/aromatic N) is 1. The maximum atomic E-state index is 12.8. The van der Waals surface area contributed by atoms with Crippen LogP contribution in [-0.4, -0.2) is 27.7 Å². The van der Waals surface area contributed by atoms with Crippen molar-refractivity contribution in [3.8, 4) is 0 Å². The van der Waals surface area contributed by atoms with Crippen molar-refractivity contribution >= 4 is 17.7 Å². The minimum atomic E-state index is -1.16. The molecule has 0 saturated heterocycles. The van der Waals surface area contributed by atoms with Gasteiger partial charge in [0.15, 0.2) is 6.04 Å². The fourth-order valence-electron chi connectivity index (χ4n) is 2.49. The molecule has 0 aromatic heterocycles. The molecule has 6 nitrogen and oxygen atoms in total. The zero-order chi connectivity index (χ0) is 19.3. The predicted octanol–water partition coefficient (Wildman–Crippen LogP) is 3.83. The van der Waals surface area contributed by atoms with Crippen LogP contribution in [0, 0.1) is 0 Å². The fourth-order valence-corrected chi connectivity index (χ4v) is 2.49. The van der Waals surface area contributed by atoms with Gasteiger partial charge in [0.05, 0.1) is 6.54 Å². The summed E-state index contributed by atoms with van der Waals surface area (Å²) in [7, 11) is 0. The van der Waals surface area contributed by atoms with E-state index in [-0.39, 0.29) is 6.54 Å². The van der Waals surface area contributed by atoms with Crippen LogP contribution in [0.5, 0.6) is 0 Å². The molecule has 0 spiro atoms. The van der Waals surface area contributed by atoms with Crippen molar-refractivity contribution in [3.05, 3.63) is 65.7 Å². The first-order valence-corrected chi connectivity index (χ1v) is 8.29. The molecule has 1 unspecified atom stereocenters. The molecular weight excluding hydrogens is 332 g/mol. The third-order valence-corrected chi connectivity index (χ3v) is 3.62. The number of amides is 1. The number of anilines is 1. The minimum Gasteiger partial charge on any atom is -0.479 e. The van der Waals surface area contributed by atoms with E-state index in [1.807, 2.05) is 0 Å². The van der Waals surface area contributed by atoms with Crippen LogP contribution in [0.25, 0.3) is 0 Å². The minimum absolute atomic E-state index is 0.0844. The Morgan fingerprint density at radius 3 is 2.15 bits per heavy atom. The molecule has 138 valence electrons. The third-order valence-electron chi connectivity index (χ3n) is 3.62. The van der Waals surface area contributed by atoms with E-state index in [4.69, 9.17) is 10.5 Å². The van der Waals surface area contributed by atoms with Gasteiger partial charge in [-0.2, -0.15) is 0 Å². The van der Waals surface area contributed by atoms with Gasteiger partial charge in [0.1, 0.15) is 5.60 Å². The van der Waals surface area contributed by atoms with Gasteiger partial charge >= 0.3 is 12.1 Å². The molecule has 0 fully saturated rings. The SMILES string of the molecule is CC(C)(C)OC(=O)N(Cc1ccc(N)cc1)C(C(=O)O)c1ccccc1. The second-order valence-corrected chi connectivity index (χ2v) is 7.00. The summed E-state index contributed by atoms with van der Waals surface area (Å²) in [5.41, 5.74) is 6.81. The summed E-state index contributed by atoms with van der Waals surface area (Å²) in [4.78, 5) is 26.0. The van der Waals surface area contributed by atoms with Gasteiger partial charge in [-0.3, -0.25) is 4.90 Å². The van der Waals surface area contributed by atoms with Crippen molar-refractivity contribution in [1.82, 2.24) is 4.90 Å². The topological polar surface area (TPSA) is 92.9 Å². The number of benzene rings is 2. The number of nitrogens with two attached hydrogens (primary N) is 1. The Hall–Kier alpha value is -3.02. The van der Waals surface area contributed by atoms with Gasteiger partial charge in [-0.05, 0) is 44.0 Å². The highest BCUT2D eigenvalue weighted by atomic mass is 16.6. The van der Waals surface area contributed by atoms with E-state index in [0.29, 0.717) is 11.3 Å². The Morgan fingerprint density at radius 1 is 1.08 bits per heavy atom. The first-order chi connectivity index (χ1) is 12.2. The van der Waals surface area contributed by atoms with Crippen molar-refractivity contribution in [2.45, 2.75) is 39.0 Å². The van der Waals surface area contributed by atoms with Crippen LogP contribution in [0.2, 0.25) is 0 Å². The number of nitrogen functional groups attached to an aromatic ring is 1. The van der Waals surface area contributed by atoms with Gasteiger partial charge < -0.3 is 15.6 Å². The Balaban J connectivity index is 2.41. The van der Waals surface area contributed by atoms with Gasteiger partial charge in [-0.25, -0.2) is 9.59 Å². The summed E-state index contributed by atoms with van der Waals surface area (Å²) >= 11 is 0. The highest BCUT2D eigenvalue weighted by molar-refractivity contribution is 5.81. The standard InChI is InChI=1S/C20H24N2O4/c1-20(2,3)26-19(25)22(13-14-9-11-16(21)12-10-14)17(18(23)24)15-7-5-4-6-8-15/h4-12,17H,13,21H2,1-3H3,(H,23,24). The lowest BCUT2D eigenvalue weighted by molar-refractivity contribution is -0.143. The van der Waals surface area contributed by atoms with E-state index in [1.54, 1.807) is 75.4 Å². The highest BCUT2D eigenvalue weighted by Crippen LogP contribution is 2.26. The smallest absolute Gasteiger partial charge is 0.411 e. The maximum absolute atomic E-state index is 12.8. The zero-order valence-electron chi connectivity index (χ0n) is 15.2. The van der Waals surface area contributed by atoms with Gasteiger partial charge in [0.2, 0.25) is 0 Å². The molecule has 6 heteroatoms. The second-order valence-electron chi connectivity index (χ2n) is 7.00. The molecular formula is C20H24N2O4. The van der Waals surface area contributed by atoms with E-state index in [1.165, 1.54) is 4.90 Å². The van der Waals surface area contributed by atoms with Crippen LogP contribution >= 0.6 is 0 Å². The summed E-state index contributed by atoms with van der Waals surface area (Å²) in [6.07, 6.45) is -0.689. The average Bonchev–Trinajstić information content (AvgIpc) is 2.55. The molecule has 3 N–H and O–H groups in total.